The predicted molar refractivity (Wildman–Crippen MR) is 146 cm³/mol. The SMILES string of the molecule is CC(C)CCOc1ccc(C(=O)NC(=S)Nc2ccc(S(=O)(=O)N3CCCCCC3)cc2)cc1Br. The molecule has 1 heterocycles. The topological polar surface area (TPSA) is 87.7 Å². The molecule has 7 nitrogen and oxygen atoms in total. The largest absolute Gasteiger partial charge is 0.492 e. The maximum atomic E-state index is 12.9. The molecular formula is C25H32BrN3O4S2. The molecule has 1 aliphatic heterocycles. The van der Waals surface area contributed by atoms with Crippen LogP contribution in [0.15, 0.2) is 51.8 Å². The number of rotatable bonds is 8. The van der Waals surface area contributed by atoms with Gasteiger partial charge in [0.15, 0.2) is 5.11 Å². The second-order valence-corrected chi connectivity index (χ2v) is 12.1. The fourth-order valence-electron chi connectivity index (χ4n) is 3.64. The molecule has 1 fully saturated rings. The highest BCUT2D eigenvalue weighted by Gasteiger charge is 2.25. The molecule has 1 amide bonds. The van der Waals surface area contributed by atoms with Gasteiger partial charge < -0.3 is 10.1 Å². The Morgan fingerprint density at radius 1 is 1.09 bits per heavy atom. The number of amides is 1. The summed E-state index contributed by atoms with van der Waals surface area (Å²) in [7, 11) is -3.52. The van der Waals surface area contributed by atoms with Crippen molar-refractivity contribution in [2.75, 3.05) is 25.0 Å². The number of nitrogens with one attached hydrogen (secondary N) is 2. The fourth-order valence-corrected chi connectivity index (χ4v) is 5.86. The van der Waals surface area contributed by atoms with Crippen LogP contribution in [0.25, 0.3) is 0 Å². The predicted octanol–water partition coefficient (Wildman–Crippen LogP) is 5.57. The molecule has 10 heteroatoms. The van der Waals surface area contributed by atoms with E-state index in [9.17, 15) is 13.2 Å². The van der Waals surface area contributed by atoms with Crippen LogP contribution in [0.5, 0.6) is 5.75 Å². The van der Waals surface area contributed by atoms with Crippen LogP contribution in [0.4, 0.5) is 5.69 Å². The molecule has 1 saturated heterocycles. The first kappa shape index (κ1) is 27.6. The summed E-state index contributed by atoms with van der Waals surface area (Å²) in [4.78, 5) is 12.9. The van der Waals surface area contributed by atoms with Gasteiger partial charge in [-0.1, -0.05) is 26.7 Å². The highest BCUT2D eigenvalue weighted by molar-refractivity contribution is 9.10. The maximum Gasteiger partial charge on any atom is 0.257 e. The lowest BCUT2D eigenvalue weighted by Crippen LogP contribution is -2.34. The Bertz CT molecular complexity index is 1130. The van der Waals surface area contributed by atoms with E-state index in [1.165, 1.54) is 0 Å². The van der Waals surface area contributed by atoms with Crippen LogP contribution < -0.4 is 15.4 Å². The van der Waals surface area contributed by atoms with Crippen molar-refractivity contribution in [2.24, 2.45) is 5.92 Å². The highest BCUT2D eigenvalue weighted by atomic mass is 79.9. The number of sulfonamides is 1. The second-order valence-electron chi connectivity index (χ2n) is 8.93. The van der Waals surface area contributed by atoms with E-state index in [1.807, 2.05) is 0 Å². The molecule has 0 atom stereocenters. The van der Waals surface area contributed by atoms with Gasteiger partial charge in [-0.2, -0.15) is 4.31 Å². The third kappa shape index (κ3) is 7.99. The van der Waals surface area contributed by atoms with E-state index < -0.39 is 10.0 Å². The lowest BCUT2D eigenvalue weighted by molar-refractivity contribution is 0.0977. The number of halogens is 1. The van der Waals surface area contributed by atoms with Crippen molar-refractivity contribution < 1.29 is 17.9 Å². The van der Waals surface area contributed by atoms with Crippen molar-refractivity contribution in [3.05, 3.63) is 52.5 Å². The molecule has 2 N–H and O–H groups in total. The van der Waals surface area contributed by atoms with E-state index in [2.05, 4.69) is 40.4 Å². The summed E-state index contributed by atoms with van der Waals surface area (Å²) in [5.41, 5.74) is 1.01. The van der Waals surface area contributed by atoms with Gasteiger partial charge in [-0.15, -0.1) is 0 Å². The minimum absolute atomic E-state index is 0.117. The van der Waals surface area contributed by atoms with Crippen molar-refractivity contribution in [2.45, 2.75) is 50.8 Å². The Hall–Kier alpha value is -2.01. The van der Waals surface area contributed by atoms with Gasteiger partial charge in [0, 0.05) is 24.3 Å². The first-order chi connectivity index (χ1) is 16.7. The molecule has 0 unspecified atom stereocenters. The third-order valence-electron chi connectivity index (χ3n) is 5.69. The smallest absolute Gasteiger partial charge is 0.257 e. The lowest BCUT2D eigenvalue weighted by atomic mass is 10.1. The molecule has 0 spiro atoms. The minimum atomic E-state index is -3.52. The molecule has 0 bridgehead atoms. The molecule has 0 aromatic heterocycles. The van der Waals surface area contributed by atoms with Gasteiger partial charge in [0.25, 0.3) is 5.91 Å². The molecule has 0 saturated carbocycles. The van der Waals surface area contributed by atoms with E-state index in [-0.39, 0.29) is 15.9 Å². The van der Waals surface area contributed by atoms with Crippen molar-refractivity contribution >= 4 is 54.9 Å². The van der Waals surface area contributed by atoms with Crippen LogP contribution in [0.2, 0.25) is 0 Å². The number of nitrogens with zero attached hydrogens (tertiary/aromatic N) is 1. The van der Waals surface area contributed by atoms with Gasteiger partial charge >= 0.3 is 0 Å². The Balaban J connectivity index is 1.56. The van der Waals surface area contributed by atoms with Crippen LogP contribution in [-0.2, 0) is 10.0 Å². The number of carbonyl (C=O) groups excluding carboxylic acids is 1. The van der Waals surface area contributed by atoms with Crippen LogP contribution >= 0.6 is 28.1 Å². The average Bonchev–Trinajstić information content (AvgIpc) is 3.10. The molecule has 35 heavy (non-hydrogen) atoms. The highest BCUT2D eigenvalue weighted by Crippen LogP contribution is 2.26. The summed E-state index contributed by atoms with van der Waals surface area (Å²) in [5, 5.41) is 5.69. The van der Waals surface area contributed by atoms with Crippen LogP contribution in [0.1, 0.15) is 56.3 Å². The van der Waals surface area contributed by atoms with E-state index >= 15 is 0 Å². The van der Waals surface area contributed by atoms with Crippen molar-refractivity contribution in [3.8, 4) is 5.75 Å². The number of carbonyl (C=O) groups is 1. The molecule has 2 aromatic rings. The Labute approximate surface area is 221 Å². The monoisotopic (exact) mass is 581 g/mol. The Morgan fingerprint density at radius 3 is 2.34 bits per heavy atom. The van der Waals surface area contributed by atoms with Crippen molar-refractivity contribution in [3.63, 3.8) is 0 Å². The lowest BCUT2D eigenvalue weighted by Gasteiger charge is -2.20. The van der Waals surface area contributed by atoms with Crippen LogP contribution in [0, 0.1) is 5.92 Å². The summed E-state index contributed by atoms with van der Waals surface area (Å²) >= 11 is 8.72. The standard InChI is InChI=1S/C25H32BrN3O4S2/c1-18(2)13-16-33-23-12-7-19(17-22(23)26)24(30)28-25(34)27-20-8-10-21(11-9-20)35(31,32)29-14-5-3-4-6-15-29/h7-12,17-18H,3-6,13-16H2,1-2H3,(H2,27,28,30,34). The van der Waals surface area contributed by atoms with Gasteiger partial charge in [0.2, 0.25) is 10.0 Å². The average molecular weight is 583 g/mol. The van der Waals surface area contributed by atoms with Crippen LogP contribution in [-0.4, -0.2) is 43.4 Å². The van der Waals surface area contributed by atoms with Crippen LogP contribution in [0.3, 0.4) is 0 Å². The van der Waals surface area contributed by atoms with E-state index in [0.717, 1.165) is 32.1 Å². The van der Waals surface area contributed by atoms with E-state index in [0.29, 0.717) is 47.1 Å². The Kier molecular flexibility index (Phi) is 10.1. The van der Waals surface area contributed by atoms with Gasteiger partial charge in [-0.25, -0.2) is 8.42 Å². The van der Waals surface area contributed by atoms with Gasteiger partial charge in [0.05, 0.1) is 16.0 Å². The fraction of sp³-hybridized carbons (Fsp3) is 0.440. The van der Waals surface area contributed by atoms with Crippen molar-refractivity contribution in [1.29, 1.82) is 0 Å². The molecule has 190 valence electrons. The molecular weight excluding hydrogens is 550 g/mol. The number of hydrogen-bond acceptors (Lipinski definition) is 5. The first-order valence-corrected chi connectivity index (χ1v) is 14.5. The van der Waals surface area contributed by atoms with Gasteiger partial charge in [0.1, 0.15) is 5.75 Å². The maximum absolute atomic E-state index is 12.9. The first-order valence-electron chi connectivity index (χ1n) is 11.8. The minimum Gasteiger partial charge on any atom is -0.492 e. The summed E-state index contributed by atoms with van der Waals surface area (Å²) in [6, 6.07) is 11.5. The van der Waals surface area contributed by atoms with Gasteiger partial charge in [-0.3, -0.25) is 10.1 Å². The second kappa shape index (κ2) is 12.8. The number of ether oxygens (including phenoxy) is 1. The summed E-state index contributed by atoms with van der Waals surface area (Å²) < 4.78 is 33.9. The third-order valence-corrected chi connectivity index (χ3v) is 8.43. The van der Waals surface area contributed by atoms with E-state index in [4.69, 9.17) is 17.0 Å². The molecule has 1 aliphatic rings. The summed E-state index contributed by atoms with van der Waals surface area (Å²) in [6.45, 7) is 5.98. The summed E-state index contributed by atoms with van der Waals surface area (Å²) in [6.07, 6.45) is 4.84. The zero-order chi connectivity index (χ0) is 25.4. The normalized spacial score (nSPS) is 14.9. The molecule has 2 aromatic carbocycles. The Morgan fingerprint density at radius 2 is 1.74 bits per heavy atom. The number of anilines is 1. The van der Waals surface area contributed by atoms with Gasteiger partial charge in [-0.05, 0) is 95.8 Å². The number of thiocarbonyl (C=S) groups is 1. The molecule has 0 radical (unpaired) electrons. The summed E-state index contributed by atoms with van der Waals surface area (Å²) in [5.74, 6) is 0.864. The number of benzene rings is 2. The molecule has 3 rings (SSSR count). The van der Waals surface area contributed by atoms with E-state index in [1.54, 1.807) is 46.8 Å². The zero-order valence-corrected chi connectivity index (χ0v) is 23.3. The number of hydrogen-bond donors (Lipinski definition) is 2. The van der Waals surface area contributed by atoms with Crippen molar-refractivity contribution in [1.82, 2.24) is 9.62 Å². The molecule has 0 aliphatic carbocycles. The zero-order valence-electron chi connectivity index (χ0n) is 20.1. The quantitative estimate of drug-likeness (QED) is 0.396.